The first-order chi connectivity index (χ1) is 14.0. The molecule has 1 aliphatic heterocycles. The maximum Gasteiger partial charge on any atom is 0.243 e. The fourth-order valence-electron chi connectivity index (χ4n) is 6.58. The number of rotatable bonds is 6. The molecule has 29 heavy (non-hydrogen) atoms. The summed E-state index contributed by atoms with van der Waals surface area (Å²) in [5, 5.41) is 3.36. The molecule has 1 saturated heterocycles. The van der Waals surface area contributed by atoms with E-state index in [1.165, 1.54) is 32.1 Å². The standard InChI is InChI=1S/C23H32N2O3S/c26-22(24-23-19-12-17-11-18(14-19)15-20(23)13-17)8-5-16-3-6-21(7-4-16)29(27,28)25-9-1-2-10-25/h3-4,6-7,17-20,23H,1-2,5,8-15H2,(H,24,26). The molecule has 5 fully saturated rings. The van der Waals surface area contributed by atoms with Gasteiger partial charge in [-0.3, -0.25) is 4.79 Å². The number of nitrogens with zero attached hydrogens (tertiary/aromatic N) is 1. The Morgan fingerprint density at radius 1 is 0.931 bits per heavy atom. The van der Waals surface area contributed by atoms with Gasteiger partial charge in [-0.15, -0.1) is 0 Å². The second-order valence-corrected chi connectivity index (χ2v) is 11.7. The lowest BCUT2D eigenvalue weighted by Gasteiger charge is -2.54. The lowest BCUT2D eigenvalue weighted by atomic mass is 9.54. The van der Waals surface area contributed by atoms with Gasteiger partial charge in [-0.05, 0) is 92.7 Å². The Balaban J connectivity index is 1.15. The van der Waals surface area contributed by atoms with Crippen molar-refractivity contribution in [3.63, 3.8) is 0 Å². The van der Waals surface area contributed by atoms with Gasteiger partial charge in [0.15, 0.2) is 0 Å². The van der Waals surface area contributed by atoms with Gasteiger partial charge in [0.2, 0.25) is 15.9 Å². The van der Waals surface area contributed by atoms with Crippen LogP contribution in [0.4, 0.5) is 0 Å². The molecule has 4 bridgehead atoms. The van der Waals surface area contributed by atoms with Crippen LogP contribution in [0, 0.1) is 23.7 Å². The Labute approximate surface area is 174 Å². The number of amides is 1. The van der Waals surface area contributed by atoms with Crippen molar-refractivity contribution in [1.29, 1.82) is 0 Å². The summed E-state index contributed by atoms with van der Waals surface area (Å²) in [5.41, 5.74) is 1.02. The minimum absolute atomic E-state index is 0.149. The van der Waals surface area contributed by atoms with E-state index >= 15 is 0 Å². The largest absolute Gasteiger partial charge is 0.353 e. The normalized spacial score (nSPS) is 33.9. The Hall–Kier alpha value is -1.40. The van der Waals surface area contributed by atoms with E-state index in [-0.39, 0.29) is 5.91 Å². The Kier molecular flexibility index (Phi) is 5.19. The summed E-state index contributed by atoms with van der Waals surface area (Å²) < 4.78 is 26.8. The average Bonchev–Trinajstić information content (AvgIpc) is 3.25. The van der Waals surface area contributed by atoms with Crippen LogP contribution in [0.1, 0.15) is 56.9 Å². The van der Waals surface area contributed by atoms with Crippen LogP contribution in [0.3, 0.4) is 0 Å². The summed E-state index contributed by atoms with van der Waals surface area (Å²) in [6.45, 7) is 1.24. The molecule has 5 aliphatic rings. The van der Waals surface area contributed by atoms with Crippen molar-refractivity contribution in [3.05, 3.63) is 29.8 Å². The van der Waals surface area contributed by atoms with Crippen molar-refractivity contribution in [2.45, 2.75) is 68.7 Å². The fourth-order valence-corrected chi connectivity index (χ4v) is 8.10. The zero-order valence-corrected chi connectivity index (χ0v) is 17.9. The first-order valence-electron chi connectivity index (χ1n) is 11.4. The third-order valence-electron chi connectivity index (χ3n) is 7.82. The predicted octanol–water partition coefficient (Wildman–Crippen LogP) is 3.34. The molecule has 6 rings (SSSR count). The van der Waals surface area contributed by atoms with E-state index in [2.05, 4.69) is 5.32 Å². The molecule has 4 aliphatic carbocycles. The number of carbonyl (C=O) groups excluding carboxylic acids is 1. The molecule has 4 saturated carbocycles. The molecule has 6 heteroatoms. The highest BCUT2D eigenvalue weighted by Gasteiger charge is 2.48. The number of aryl methyl sites for hydroxylation is 1. The summed E-state index contributed by atoms with van der Waals surface area (Å²) >= 11 is 0. The Morgan fingerprint density at radius 3 is 2.10 bits per heavy atom. The molecule has 1 aromatic rings. The molecular formula is C23H32N2O3S. The zero-order chi connectivity index (χ0) is 20.0. The highest BCUT2D eigenvalue weighted by molar-refractivity contribution is 7.89. The fraction of sp³-hybridized carbons (Fsp3) is 0.696. The molecule has 1 N–H and O–H groups in total. The number of hydrogen-bond acceptors (Lipinski definition) is 3. The second-order valence-electron chi connectivity index (χ2n) is 9.78. The lowest BCUT2D eigenvalue weighted by molar-refractivity contribution is -0.125. The van der Waals surface area contributed by atoms with Gasteiger partial charge >= 0.3 is 0 Å². The van der Waals surface area contributed by atoms with E-state index in [0.29, 0.717) is 48.7 Å². The van der Waals surface area contributed by atoms with E-state index in [4.69, 9.17) is 0 Å². The van der Waals surface area contributed by atoms with Gasteiger partial charge in [-0.25, -0.2) is 8.42 Å². The third-order valence-corrected chi connectivity index (χ3v) is 9.73. The van der Waals surface area contributed by atoms with Crippen molar-refractivity contribution in [1.82, 2.24) is 9.62 Å². The molecule has 1 aromatic carbocycles. The first-order valence-corrected chi connectivity index (χ1v) is 12.8. The van der Waals surface area contributed by atoms with Gasteiger partial charge in [0.25, 0.3) is 0 Å². The number of benzene rings is 1. The third kappa shape index (κ3) is 3.86. The van der Waals surface area contributed by atoms with E-state index in [9.17, 15) is 13.2 Å². The van der Waals surface area contributed by atoms with Gasteiger partial charge in [0, 0.05) is 25.6 Å². The maximum absolute atomic E-state index is 12.6. The quantitative estimate of drug-likeness (QED) is 0.773. The highest BCUT2D eigenvalue weighted by Crippen LogP contribution is 2.53. The molecule has 0 unspecified atom stereocenters. The minimum atomic E-state index is -3.36. The van der Waals surface area contributed by atoms with E-state index in [1.807, 2.05) is 12.1 Å². The van der Waals surface area contributed by atoms with E-state index in [0.717, 1.165) is 30.2 Å². The van der Waals surface area contributed by atoms with Gasteiger partial charge in [-0.2, -0.15) is 4.31 Å². The highest BCUT2D eigenvalue weighted by atomic mass is 32.2. The van der Waals surface area contributed by atoms with Crippen LogP contribution in [0.5, 0.6) is 0 Å². The van der Waals surface area contributed by atoms with Crippen LogP contribution in [0.2, 0.25) is 0 Å². The van der Waals surface area contributed by atoms with Crippen LogP contribution >= 0.6 is 0 Å². The molecule has 1 heterocycles. The lowest BCUT2D eigenvalue weighted by Crippen LogP contribution is -2.55. The molecule has 158 valence electrons. The topological polar surface area (TPSA) is 66.5 Å². The zero-order valence-electron chi connectivity index (χ0n) is 17.1. The van der Waals surface area contributed by atoms with Crippen molar-refractivity contribution < 1.29 is 13.2 Å². The van der Waals surface area contributed by atoms with E-state index < -0.39 is 10.0 Å². The summed E-state index contributed by atoms with van der Waals surface area (Å²) in [6, 6.07) is 7.50. The number of nitrogens with one attached hydrogen (secondary N) is 1. The minimum Gasteiger partial charge on any atom is -0.353 e. The summed E-state index contributed by atoms with van der Waals surface area (Å²) in [7, 11) is -3.36. The van der Waals surface area contributed by atoms with Crippen LogP contribution in [-0.2, 0) is 21.2 Å². The maximum atomic E-state index is 12.6. The SMILES string of the molecule is O=C(CCc1ccc(S(=O)(=O)N2CCCC2)cc1)NC1C2CC3CC(C2)CC1C3. The van der Waals surface area contributed by atoms with Crippen molar-refractivity contribution in [2.75, 3.05) is 13.1 Å². The van der Waals surface area contributed by atoms with Crippen molar-refractivity contribution in [2.24, 2.45) is 23.7 Å². The molecule has 5 nitrogen and oxygen atoms in total. The monoisotopic (exact) mass is 416 g/mol. The van der Waals surface area contributed by atoms with Crippen LogP contribution in [-0.4, -0.2) is 37.8 Å². The van der Waals surface area contributed by atoms with Crippen LogP contribution < -0.4 is 5.32 Å². The molecule has 0 spiro atoms. The summed E-state index contributed by atoms with van der Waals surface area (Å²) in [5.74, 6) is 3.38. The molecule has 1 amide bonds. The molecule has 0 radical (unpaired) electrons. The predicted molar refractivity (Wildman–Crippen MR) is 112 cm³/mol. The first kappa shape index (κ1) is 19.6. The second kappa shape index (κ2) is 7.69. The molecule has 0 atom stereocenters. The van der Waals surface area contributed by atoms with Gasteiger partial charge in [0.05, 0.1) is 4.90 Å². The molecule has 0 aromatic heterocycles. The van der Waals surface area contributed by atoms with Gasteiger partial charge < -0.3 is 5.32 Å². The van der Waals surface area contributed by atoms with Crippen LogP contribution in [0.25, 0.3) is 0 Å². The van der Waals surface area contributed by atoms with Crippen LogP contribution in [0.15, 0.2) is 29.2 Å². The number of carbonyl (C=O) groups is 1. The smallest absolute Gasteiger partial charge is 0.243 e. The van der Waals surface area contributed by atoms with Gasteiger partial charge in [0.1, 0.15) is 0 Å². The van der Waals surface area contributed by atoms with Gasteiger partial charge in [-0.1, -0.05) is 12.1 Å². The van der Waals surface area contributed by atoms with Crippen molar-refractivity contribution in [3.8, 4) is 0 Å². The van der Waals surface area contributed by atoms with Crippen molar-refractivity contribution >= 4 is 15.9 Å². The Bertz CT molecular complexity index is 831. The van der Waals surface area contributed by atoms with E-state index in [1.54, 1.807) is 16.4 Å². The Morgan fingerprint density at radius 2 is 1.52 bits per heavy atom. The number of hydrogen-bond donors (Lipinski definition) is 1. The molecular weight excluding hydrogens is 384 g/mol. The summed E-state index contributed by atoms with van der Waals surface area (Å²) in [6.07, 6.45) is 9.68. The summed E-state index contributed by atoms with van der Waals surface area (Å²) in [4.78, 5) is 13.0. The average molecular weight is 417 g/mol. The number of sulfonamides is 1.